The topological polar surface area (TPSA) is 56.7 Å². The summed E-state index contributed by atoms with van der Waals surface area (Å²) in [6.07, 6.45) is 3.76. The molecule has 0 spiro atoms. The Kier molecular flexibility index (Phi) is 11.4. The van der Waals surface area contributed by atoms with E-state index in [-0.39, 0.29) is 20.1 Å². The number of nitrogens with zero attached hydrogens (tertiary/aromatic N) is 4. The maximum absolute atomic E-state index is 6.49. The number of imidazole rings is 1. The summed E-state index contributed by atoms with van der Waals surface area (Å²) in [6, 6.07) is 50.4. The summed E-state index contributed by atoms with van der Waals surface area (Å²) in [5, 5.41) is 2.10. The first kappa shape index (κ1) is 38.6. The third-order valence-electron chi connectivity index (χ3n) is 10.2. The predicted molar refractivity (Wildman–Crippen MR) is 227 cm³/mol. The second kappa shape index (κ2) is 16.6. The predicted octanol–water partition coefficient (Wildman–Crippen LogP) is 13.4. The van der Waals surface area contributed by atoms with E-state index in [1.807, 2.05) is 48.8 Å². The van der Waals surface area contributed by atoms with Crippen molar-refractivity contribution in [3.8, 4) is 39.6 Å². The first-order valence-electron chi connectivity index (χ1n) is 19.1. The molecule has 0 saturated heterocycles. The van der Waals surface area contributed by atoms with Gasteiger partial charge < -0.3 is 14.4 Å². The minimum atomic E-state index is 0. The van der Waals surface area contributed by atoms with E-state index in [1.54, 1.807) is 0 Å². The zero-order chi connectivity index (χ0) is 38.1. The van der Waals surface area contributed by atoms with Crippen LogP contribution in [0, 0.1) is 12.1 Å². The SMILES string of the molecule is CC(C)c1cc[c-]c(-c2cc(C(C)C)ccn2)c1.CC(C)c1ccnc(-c2[c-]ccc3c2oc2cc4nc(-c5ccccc5)n(-c5ccccc5)c4cc23)c1.[Ir]. The average molecular weight is 909 g/mol. The van der Waals surface area contributed by atoms with E-state index in [2.05, 4.69) is 159 Å². The van der Waals surface area contributed by atoms with Crippen LogP contribution in [0.5, 0.6) is 0 Å². The van der Waals surface area contributed by atoms with Crippen molar-refractivity contribution in [2.45, 2.75) is 59.3 Å². The van der Waals surface area contributed by atoms with E-state index in [0.29, 0.717) is 17.8 Å². The first-order chi connectivity index (χ1) is 26.7. The monoisotopic (exact) mass is 909 g/mol. The van der Waals surface area contributed by atoms with Crippen molar-refractivity contribution in [3.63, 3.8) is 0 Å². The van der Waals surface area contributed by atoms with E-state index in [9.17, 15) is 0 Å². The molecule has 9 aromatic rings. The Bertz CT molecular complexity index is 2700. The quantitative estimate of drug-likeness (QED) is 0.150. The van der Waals surface area contributed by atoms with Gasteiger partial charge in [-0.2, -0.15) is 0 Å². The number of fused-ring (bicyclic) bond motifs is 4. The molecule has 4 heterocycles. The Labute approximate surface area is 342 Å². The van der Waals surface area contributed by atoms with Crippen LogP contribution in [0.1, 0.15) is 76.0 Å². The summed E-state index contributed by atoms with van der Waals surface area (Å²) in [4.78, 5) is 14.2. The zero-order valence-corrected chi connectivity index (χ0v) is 34.9. The Morgan fingerprint density at radius 1 is 0.589 bits per heavy atom. The Balaban J connectivity index is 0.000000214. The van der Waals surface area contributed by atoms with Gasteiger partial charge in [0.25, 0.3) is 0 Å². The van der Waals surface area contributed by atoms with Crippen LogP contribution >= 0.6 is 0 Å². The van der Waals surface area contributed by atoms with Crippen molar-refractivity contribution >= 4 is 33.0 Å². The van der Waals surface area contributed by atoms with Crippen molar-refractivity contribution in [2.24, 2.45) is 0 Å². The second-order valence-corrected chi connectivity index (χ2v) is 15.0. The maximum Gasteiger partial charge on any atom is 0.145 e. The Morgan fingerprint density at radius 2 is 1.20 bits per heavy atom. The van der Waals surface area contributed by atoms with Gasteiger partial charge in [0.2, 0.25) is 0 Å². The van der Waals surface area contributed by atoms with Gasteiger partial charge in [-0.25, -0.2) is 4.98 Å². The standard InChI is InChI=1S/C33H24N3O.C17H20N.Ir/c1-21(2)23-16-17-34-28(18-23)26-15-9-14-25-27-19-30-29(20-31(27)37-32(25)26)35-33(22-10-5-3-6-11-22)36(30)24-12-7-4-8-13-24;1-12(2)14-6-5-7-16(10-14)17-11-15(13(3)4)8-9-18-17;/h3-14,16-21H,1-2H3;5-6,8-13H,1-4H3;/q2*-1;. The molecule has 0 aliphatic rings. The fourth-order valence-electron chi connectivity index (χ4n) is 7.01. The molecule has 5 aromatic carbocycles. The third-order valence-corrected chi connectivity index (χ3v) is 10.2. The summed E-state index contributed by atoms with van der Waals surface area (Å²) >= 11 is 0. The molecule has 281 valence electrons. The molecular weight excluding hydrogens is 865 g/mol. The summed E-state index contributed by atoms with van der Waals surface area (Å²) < 4.78 is 8.72. The van der Waals surface area contributed by atoms with Gasteiger partial charge in [-0.05, 0) is 59.5 Å². The van der Waals surface area contributed by atoms with E-state index < -0.39 is 0 Å². The third kappa shape index (κ3) is 7.73. The van der Waals surface area contributed by atoms with Crippen LogP contribution in [0.3, 0.4) is 0 Å². The minimum Gasteiger partial charge on any atom is -0.501 e. The van der Waals surface area contributed by atoms with E-state index in [0.717, 1.165) is 72.6 Å². The van der Waals surface area contributed by atoms with Crippen molar-refractivity contribution in [1.82, 2.24) is 19.5 Å². The molecule has 0 N–H and O–H groups in total. The normalized spacial score (nSPS) is 11.4. The summed E-state index contributed by atoms with van der Waals surface area (Å²) in [7, 11) is 0. The van der Waals surface area contributed by atoms with Crippen LogP contribution in [0.15, 0.2) is 144 Å². The number of pyridine rings is 2. The number of furan rings is 1. The molecule has 5 nitrogen and oxygen atoms in total. The van der Waals surface area contributed by atoms with E-state index in [4.69, 9.17) is 9.40 Å². The van der Waals surface area contributed by atoms with Gasteiger partial charge in [0.15, 0.2) is 0 Å². The largest absolute Gasteiger partial charge is 0.501 e. The molecule has 0 unspecified atom stereocenters. The number of hydrogen-bond acceptors (Lipinski definition) is 4. The van der Waals surface area contributed by atoms with Gasteiger partial charge in [0.1, 0.15) is 11.4 Å². The maximum atomic E-state index is 6.49. The molecule has 0 amide bonds. The molecule has 0 aliphatic carbocycles. The Hall–Kier alpha value is -5.68. The molecule has 6 heteroatoms. The van der Waals surface area contributed by atoms with E-state index >= 15 is 0 Å². The smallest absolute Gasteiger partial charge is 0.145 e. The number of benzene rings is 5. The van der Waals surface area contributed by atoms with E-state index in [1.165, 1.54) is 16.7 Å². The van der Waals surface area contributed by atoms with Crippen molar-refractivity contribution in [3.05, 3.63) is 169 Å². The van der Waals surface area contributed by atoms with Crippen molar-refractivity contribution < 1.29 is 24.5 Å². The molecule has 1 radical (unpaired) electrons. The second-order valence-electron chi connectivity index (χ2n) is 15.0. The molecule has 0 aliphatic heterocycles. The molecule has 4 aromatic heterocycles. The van der Waals surface area contributed by atoms with Gasteiger partial charge in [0.05, 0.1) is 16.6 Å². The fraction of sp³-hybridized carbons (Fsp3) is 0.180. The molecule has 0 fully saturated rings. The molecular formula is C50H44IrN4O-2. The van der Waals surface area contributed by atoms with Gasteiger partial charge in [0, 0.05) is 55.2 Å². The fourth-order valence-corrected chi connectivity index (χ4v) is 7.01. The van der Waals surface area contributed by atoms with Crippen LogP contribution in [0.25, 0.3) is 72.6 Å². The number of aromatic nitrogens is 4. The summed E-state index contributed by atoms with van der Waals surface area (Å²) in [5.41, 5.74) is 13.4. The van der Waals surface area contributed by atoms with Gasteiger partial charge >= 0.3 is 0 Å². The van der Waals surface area contributed by atoms with Crippen LogP contribution in [-0.4, -0.2) is 19.5 Å². The van der Waals surface area contributed by atoms with Gasteiger partial charge in [-0.1, -0.05) is 124 Å². The van der Waals surface area contributed by atoms with Crippen LogP contribution < -0.4 is 0 Å². The number of hydrogen-bond donors (Lipinski definition) is 0. The number of para-hydroxylation sites is 1. The molecule has 0 saturated carbocycles. The van der Waals surface area contributed by atoms with Crippen LogP contribution in [0.2, 0.25) is 0 Å². The number of rotatable bonds is 7. The molecule has 9 rings (SSSR count). The molecule has 0 atom stereocenters. The summed E-state index contributed by atoms with van der Waals surface area (Å²) in [6.45, 7) is 13.2. The zero-order valence-electron chi connectivity index (χ0n) is 32.5. The van der Waals surface area contributed by atoms with Crippen molar-refractivity contribution in [2.75, 3.05) is 0 Å². The van der Waals surface area contributed by atoms with Crippen LogP contribution in [0.4, 0.5) is 0 Å². The van der Waals surface area contributed by atoms with Crippen LogP contribution in [-0.2, 0) is 20.1 Å². The molecule has 56 heavy (non-hydrogen) atoms. The van der Waals surface area contributed by atoms with Crippen molar-refractivity contribution in [1.29, 1.82) is 0 Å². The first-order valence-corrected chi connectivity index (χ1v) is 19.1. The van der Waals surface area contributed by atoms with Gasteiger partial charge in [-0.3, -0.25) is 4.57 Å². The molecule has 0 bridgehead atoms. The average Bonchev–Trinajstić information content (AvgIpc) is 3.78. The van der Waals surface area contributed by atoms with Gasteiger partial charge in [-0.15, -0.1) is 53.6 Å². The minimum absolute atomic E-state index is 0. The Morgan fingerprint density at radius 3 is 1.88 bits per heavy atom. The summed E-state index contributed by atoms with van der Waals surface area (Å²) in [5.74, 6) is 2.38.